The van der Waals surface area contributed by atoms with Crippen LogP contribution in [0.5, 0.6) is 11.5 Å². The third kappa shape index (κ3) is 5.01. The van der Waals surface area contributed by atoms with E-state index < -0.39 is 58.1 Å². The maximum Gasteiger partial charge on any atom is 0.411 e. The normalized spacial score (nSPS) is 13.2. The number of aliphatic hydroxyl groups is 1. The summed E-state index contributed by atoms with van der Waals surface area (Å²) < 4.78 is 86.9. The summed E-state index contributed by atoms with van der Waals surface area (Å²) in [5, 5.41) is 34.1. The Bertz CT molecular complexity index is 1290. The Kier molecular flexibility index (Phi) is 7.36. The van der Waals surface area contributed by atoms with E-state index in [-0.39, 0.29) is 11.3 Å². The number of benzene rings is 3. The van der Waals surface area contributed by atoms with E-state index in [1.807, 2.05) is 0 Å². The predicted molar refractivity (Wildman–Crippen MR) is 124 cm³/mol. The molecule has 0 aliphatic carbocycles. The highest BCUT2D eigenvalue weighted by Gasteiger charge is 2.72. The Hall–Kier alpha value is -3.93. The van der Waals surface area contributed by atoms with E-state index in [1.165, 1.54) is 38.2 Å². The first-order chi connectivity index (χ1) is 17.1. The summed E-state index contributed by atoms with van der Waals surface area (Å²) in [7, 11) is 1.21. The SMILES string of the molecule is CNc1cc(C(c2ccc(O)c(NC(=O)c3cccc(C(C)O)c3)c2)(C(F)(F)F)C(F)(F)F)ccc1O. The molecule has 3 aromatic carbocycles. The van der Waals surface area contributed by atoms with Crippen LogP contribution >= 0.6 is 0 Å². The molecular weight excluding hydrogens is 506 g/mol. The number of alkyl halides is 6. The number of carbonyl (C=O) groups excluding carboxylic acids is 1. The average molecular weight is 528 g/mol. The molecule has 0 spiro atoms. The quantitative estimate of drug-likeness (QED) is 0.204. The van der Waals surface area contributed by atoms with E-state index >= 15 is 0 Å². The Morgan fingerprint density at radius 3 is 1.81 bits per heavy atom. The number of phenols is 2. The van der Waals surface area contributed by atoms with Gasteiger partial charge in [-0.3, -0.25) is 4.79 Å². The van der Waals surface area contributed by atoms with Gasteiger partial charge in [0.05, 0.1) is 17.5 Å². The molecule has 0 aliphatic rings. The highest BCUT2D eigenvalue weighted by Crippen LogP contribution is 2.57. The van der Waals surface area contributed by atoms with Gasteiger partial charge in [-0.1, -0.05) is 24.3 Å². The molecule has 3 rings (SSSR count). The van der Waals surface area contributed by atoms with Crippen molar-refractivity contribution in [1.29, 1.82) is 0 Å². The molecule has 0 aromatic heterocycles. The lowest BCUT2D eigenvalue weighted by Crippen LogP contribution is -2.54. The van der Waals surface area contributed by atoms with Crippen LogP contribution in [0.1, 0.15) is 40.1 Å². The van der Waals surface area contributed by atoms with E-state index in [4.69, 9.17) is 0 Å². The van der Waals surface area contributed by atoms with Gasteiger partial charge in [-0.25, -0.2) is 0 Å². The van der Waals surface area contributed by atoms with Crippen molar-refractivity contribution in [2.45, 2.75) is 30.8 Å². The summed E-state index contributed by atoms with van der Waals surface area (Å²) in [5.74, 6) is -2.28. The third-order valence-corrected chi connectivity index (χ3v) is 5.86. The Morgan fingerprint density at radius 1 is 0.811 bits per heavy atom. The molecule has 3 aromatic rings. The zero-order valence-corrected chi connectivity index (χ0v) is 19.4. The Balaban J connectivity index is 2.21. The van der Waals surface area contributed by atoms with Gasteiger partial charge in [0.2, 0.25) is 5.41 Å². The number of nitrogens with one attached hydrogen (secondary N) is 2. The first-order valence-corrected chi connectivity index (χ1v) is 10.7. The zero-order chi connectivity index (χ0) is 27.8. The van der Waals surface area contributed by atoms with Crippen LogP contribution in [0.2, 0.25) is 0 Å². The van der Waals surface area contributed by atoms with Crippen LogP contribution < -0.4 is 10.6 Å². The van der Waals surface area contributed by atoms with Crippen molar-refractivity contribution in [3.63, 3.8) is 0 Å². The number of hydrogen-bond acceptors (Lipinski definition) is 5. The van der Waals surface area contributed by atoms with Gasteiger partial charge >= 0.3 is 12.4 Å². The van der Waals surface area contributed by atoms with Gasteiger partial charge in [-0.2, -0.15) is 26.3 Å². The lowest BCUT2D eigenvalue weighted by molar-refractivity contribution is -0.288. The first kappa shape index (κ1) is 27.7. The van der Waals surface area contributed by atoms with Gasteiger partial charge in [0.1, 0.15) is 11.5 Å². The second kappa shape index (κ2) is 9.85. The van der Waals surface area contributed by atoms with Crippen molar-refractivity contribution in [1.82, 2.24) is 0 Å². The summed E-state index contributed by atoms with van der Waals surface area (Å²) in [4.78, 5) is 12.7. The Morgan fingerprint density at radius 2 is 1.32 bits per heavy atom. The molecule has 0 aliphatic heterocycles. The first-order valence-electron chi connectivity index (χ1n) is 10.7. The largest absolute Gasteiger partial charge is 0.506 e. The van der Waals surface area contributed by atoms with Gasteiger partial charge in [-0.15, -0.1) is 0 Å². The van der Waals surface area contributed by atoms with Crippen molar-refractivity contribution in [2.24, 2.45) is 0 Å². The van der Waals surface area contributed by atoms with Gasteiger partial charge in [0, 0.05) is 12.6 Å². The fourth-order valence-electron chi connectivity index (χ4n) is 3.96. The van der Waals surface area contributed by atoms with E-state index in [0.29, 0.717) is 42.0 Å². The number of aliphatic hydroxyl groups excluding tert-OH is 1. The molecule has 0 fully saturated rings. The molecule has 1 atom stereocenters. The van der Waals surface area contributed by atoms with Crippen LogP contribution in [0, 0.1) is 0 Å². The summed E-state index contributed by atoms with van der Waals surface area (Å²) in [6.07, 6.45) is -12.8. The van der Waals surface area contributed by atoms with E-state index in [9.17, 15) is 46.5 Å². The van der Waals surface area contributed by atoms with Gasteiger partial charge in [-0.05, 0) is 60.0 Å². The van der Waals surface area contributed by atoms with Crippen molar-refractivity contribution in [3.05, 3.63) is 82.9 Å². The molecule has 0 heterocycles. The number of rotatable bonds is 6. The minimum absolute atomic E-state index is 0.0571. The molecule has 0 radical (unpaired) electrons. The second-order valence-electron chi connectivity index (χ2n) is 8.21. The van der Waals surface area contributed by atoms with Crippen molar-refractivity contribution in [2.75, 3.05) is 17.7 Å². The highest BCUT2D eigenvalue weighted by atomic mass is 19.4. The molecule has 1 unspecified atom stereocenters. The van der Waals surface area contributed by atoms with E-state index in [0.717, 1.165) is 0 Å². The smallest absolute Gasteiger partial charge is 0.411 e. The predicted octanol–water partition coefficient (Wildman–Crippen LogP) is 5.86. The number of hydrogen-bond donors (Lipinski definition) is 5. The molecule has 12 heteroatoms. The summed E-state index contributed by atoms with van der Waals surface area (Å²) in [5.41, 5.74) is -7.95. The van der Waals surface area contributed by atoms with Crippen molar-refractivity contribution < 1.29 is 46.5 Å². The maximum absolute atomic E-state index is 14.5. The lowest BCUT2D eigenvalue weighted by atomic mass is 9.72. The maximum atomic E-state index is 14.5. The molecular formula is C25H22F6N2O4. The summed E-state index contributed by atoms with van der Waals surface area (Å²) in [6, 6.07) is 8.75. The second-order valence-corrected chi connectivity index (χ2v) is 8.21. The summed E-state index contributed by atoms with van der Waals surface area (Å²) in [6.45, 7) is 1.43. The van der Waals surface area contributed by atoms with Crippen LogP contribution in [0.3, 0.4) is 0 Å². The molecule has 37 heavy (non-hydrogen) atoms. The van der Waals surface area contributed by atoms with Crippen molar-refractivity contribution >= 4 is 17.3 Å². The lowest BCUT2D eigenvalue weighted by Gasteiger charge is -2.38. The fraction of sp³-hybridized carbons (Fsp3) is 0.240. The number of anilines is 2. The van der Waals surface area contributed by atoms with E-state index in [1.54, 1.807) is 0 Å². The minimum Gasteiger partial charge on any atom is -0.506 e. The van der Waals surface area contributed by atoms with Gasteiger partial charge in [0.25, 0.3) is 5.91 Å². The molecule has 1 amide bonds. The van der Waals surface area contributed by atoms with Gasteiger partial charge in [0.15, 0.2) is 0 Å². The number of amides is 1. The highest BCUT2D eigenvalue weighted by molar-refractivity contribution is 6.05. The van der Waals surface area contributed by atoms with Crippen LogP contribution in [-0.4, -0.2) is 40.6 Å². The molecule has 5 N–H and O–H groups in total. The number of halogens is 6. The summed E-state index contributed by atoms with van der Waals surface area (Å²) >= 11 is 0. The molecule has 0 saturated heterocycles. The monoisotopic (exact) mass is 528 g/mol. The fourth-order valence-corrected chi connectivity index (χ4v) is 3.96. The van der Waals surface area contributed by atoms with Crippen LogP contribution in [0.4, 0.5) is 37.7 Å². The van der Waals surface area contributed by atoms with Crippen molar-refractivity contribution in [3.8, 4) is 11.5 Å². The Labute approximate surface area is 207 Å². The topological polar surface area (TPSA) is 102 Å². The number of carbonyl (C=O) groups is 1. The van der Waals surface area contributed by atoms with Crippen LogP contribution in [0.15, 0.2) is 60.7 Å². The third-order valence-electron chi connectivity index (χ3n) is 5.86. The molecule has 0 bridgehead atoms. The standard InChI is InChI=1S/C25H22F6N2O4/c1-13(34)14-4-3-5-15(10-14)22(37)33-19-12-17(7-9-21(19)36)23(24(26,27)28,25(29,30)31)16-6-8-20(35)18(11-16)32-2/h3-13,32,34-36H,1-2H3,(H,33,37). The van der Waals surface area contributed by atoms with Crippen LogP contribution in [-0.2, 0) is 5.41 Å². The van der Waals surface area contributed by atoms with Crippen LogP contribution in [0.25, 0.3) is 0 Å². The number of phenolic OH excluding ortho intramolecular Hbond substituents is 2. The molecule has 198 valence electrons. The minimum atomic E-state index is -5.93. The zero-order valence-electron chi connectivity index (χ0n) is 19.4. The van der Waals surface area contributed by atoms with Gasteiger partial charge < -0.3 is 26.0 Å². The average Bonchev–Trinajstić information content (AvgIpc) is 2.80. The molecule has 6 nitrogen and oxygen atoms in total. The van der Waals surface area contributed by atoms with E-state index in [2.05, 4.69) is 10.6 Å². The molecule has 0 saturated carbocycles. The number of aromatic hydroxyl groups is 2.